The highest BCUT2D eigenvalue weighted by Crippen LogP contribution is 2.35. The van der Waals surface area contributed by atoms with Crippen LogP contribution in [0.1, 0.15) is 30.1 Å². The van der Waals surface area contributed by atoms with Crippen LogP contribution in [0.2, 0.25) is 0 Å². The minimum absolute atomic E-state index is 0.182. The van der Waals surface area contributed by atoms with Gasteiger partial charge in [0.15, 0.2) is 5.82 Å². The fraction of sp³-hybridized carbons (Fsp3) is 0.529. The molecule has 1 saturated heterocycles. The van der Waals surface area contributed by atoms with Gasteiger partial charge in [-0.15, -0.1) is 0 Å². The lowest BCUT2D eigenvalue weighted by Gasteiger charge is -2.38. The maximum absolute atomic E-state index is 9.05. The Bertz CT molecular complexity index is 607. The Morgan fingerprint density at radius 3 is 2.65 bits per heavy atom. The zero-order chi connectivity index (χ0) is 16.1. The van der Waals surface area contributed by atoms with E-state index in [4.69, 9.17) is 14.4 Å². The third kappa shape index (κ3) is 3.60. The summed E-state index contributed by atoms with van der Waals surface area (Å²) < 4.78 is 11.3. The van der Waals surface area contributed by atoms with Crippen molar-refractivity contribution in [3.05, 3.63) is 47.6 Å². The Morgan fingerprint density at radius 1 is 1.26 bits per heavy atom. The largest absolute Gasteiger partial charge is 0.395 e. The summed E-state index contributed by atoms with van der Waals surface area (Å²) in [5.41, 5.74) is 0.650. The van der Waals surface area contributed by atoms with Crippen LogP contribution < -0.4 is 0 Å². The molecule has 1 N–H and O–H groups in total. The van der Waals surface area contributed by atoms with Gasteiger partial charge in [0.25, 0.3) is 5.89 Å². The summed E-state index contributed by atoms with van der Waals surface area (Å²) in [5.74, 6) is 1.25. The molecule has 0 amide bonds. The van der Waals surface area contributed by atoms with Crippen LogP contribution in [0.5, 0.6) is 0 Å². The van der Waals surface area contributed by atoms with Crippen LogP contribution >= 0.6 is 0 Å². The Kier molecular flexibility index (Phi) is 5.05. The molecular formula is C17H23N3O3. The zero-order valence-electron chi connectivity index (χ0n) is 13.4. The molecule has 124 valence electrons. The number of methoxy groups -OCH3 is 1. The van der Waals surface area contributed by atoms with E-state index in [-0.39, 0.29) is 6.61 Å². The van der Waals surface area contributed by atoms with Crippen molar-refractivity contribution in [1.82, 2.24) is 15.0 Å². The summed E-state index contributed by atoms with van der Waals surface area (Å²) in [6, 6.07) is 10.1. The molecule has 1 aliphatic heterocycles. The summed E-state index contributed by atoms with van der Waals surface area (Å²) in [6.07, 6.45) is 2.23. The number of benzene rings is 1. The normalized spacial score (nSPS) is 18.2. The van der Waals surface area contributed by atoms with E-state index in [9.17, 15) is 0 Å². The van der Waals surface area contributed by atoms with Gasteiger partial charge in [-0.2, -0.15) is 4.98 Å². The number of likely N-dealkylation sites (tertiary alicyclic amines) is 1. The van der Waals surface area contributed by atoms with E-state index in [0.29, 0.717) is 24.7 Å². The summed E-state index contributed by atoms with van der Waals surface area (Å²) >= 11 is 0. The second-order valence-corrected chi connectivity index (χ2v) is 5.94. The second-order valence-electron chi connectivity index (χ2n) is 5.94. The number of β-amino-alcohol motifs (C(OH)–C–C–N with tert-alkyl or cyclic N) is 1. The first kappa shape index (κ1) is 16.1. The fourth-order valence-corrected chi connectivity index (χ4v) is 3.07. The number of hydrogen-bond donors (Lipinski definition) is 1. The molecule has 2 aromatic rings. The lowest BCUT2D eigenvalue weighted by atomic mass is 9.91. The summed E-state index contributed by atoms with van der Waals surface area (Å²) in [4.78, 5) is 6.79. The first-order valence-corrected chi connectivity index (χ1v) is 8.01. The number of ether oxygens (including phenoxy) is 1. The fourth-order valence-electron chi connectivity index (χ4n) is 3.07. The van der Waals surface area contributed by atoms with Gasteiger partial charge in [-0.05, 0) is 18.4 Å². The van der Waals surface area contributed by atoms with E-state index in [1.807, 2.05) is 18.2 Å². The molecule has 1 aromatic heterocycles. The van der Waals surface area contributed by atoms with Crippen molar-refractivity contribution in [2.45, 2.75) is 24.9 Å². The summed E-state index contributed by atoms with van der Waals surface area (Å²) in [6.45, 7) is 2.58. The van der Waals surface area contributed by atoms with E-state index >= 15 is 0 Å². The standard InChI is InChI=1S/C17H23N3O3/c1-22-17(7-9-20(10-8-17)11-12-21)16-18-15(19-23-16)13-14-5-3-2-4-6-14/h2-6,21H,7-13H2,1H3. The summed E-state index contributed by atoms with van der Waals surface area (Å²) in [5, 5.41) is 13.2. The molecular weight excluding hydrogens is 294 g/mol. The number of piperidine rings is 1. The van der Waals surface area contributed by atoms with E-state index in [0.717, 1.165) is 31.5 Å². The Balaban J connectivity index is 1.70. The molecule has 0 bridgehead atoms. The van der Waals surface area contributed by atoms with E-state index in [1.54, 1.807) is 7.11 Å². The SMILES string of the molecule is COC1(c2nc(Cc3ccccc3)no2)CCN(CCO)CC1. The smallest absolute Gasteiger partial charge is 0.258 e. The average molecular weight is 317 g/mol. The highest BCUT2D eigenvalue weighted by molar-refractivity contribution is 5.18. The van der Waals surface area contributed by atoms with E-state index < -0.39 is 5.60 Å². The van der Waals surface area contributed by atoms with Crippen LogP contribution in [0, 0.1) is 0 Å². The predicted molar refractivity (Wildman–Crippen MR) is 85.0 cm³/mol. The Hall–Kier alpha value is -1.76. The van der Waals surface area contributed by atoms with Crippen LogP contribution in [-0.4, -0.2) is 53.5 Å². The molecule has 1 aliphatic rings. The van der Waals surface area contributed by atoms with Gasteiger partial charge in [-0.3, -0.25) is 0 Å². The van der Waals surface area contributed by atoms with Crippen molar-refractivity contribution in [3.63, 3.8) is 0 Å². The van der Waals surface area contributed by atoms with Gasteiger partial charge in [0.2, 0.25) is 0 Å². The third-order valence-electron chi connectivity index (χ3n) is 4.53. The van der Waals surface area contributed by atoms with Gasteiger partial charge in [0.05, 0.1) is 6.61 Å². The van der Waals surface area contributed by atoms with Gasteiger partial charge < -0.3 is 19.3 Å². The highest BCUT2D eigenvalue weighted by atomic mass is 16.5. The Morgan fingerprint density at radius 2 is 2.00 bits per heavy atom. The average Bonchev–Trinajstić information content (AvgIpc) is 3.06. The third-order valence-corrected chi connectivity index (χ3v) is 4.53. The number of aliphatic hydroxyl groups excluding tert-OH is 1. The quantitative estimate of drug-likeness (QED) is 0.872. The first-order chi connectivity index (χ1) is 11.3. The monoisotopic (exact) mass is 317 g/mol. The molecule has 6 heteroatoms. The number of hydrogen-bond acceptors (Lipinski definition) is 6. The van der Waals surface area contributed by atoms with Crippen LogP contribution in [0.3, 0.4) is 0 Å². The first-order valence-electron chi connectivity index (χ1n) is 8.01. The van der Waals surface area contributed by atoms with Gasteiger partial charge in [0.1, 0.15) is 5.60 Å². The second kappa shape index (κ2) is 7.21. The number of rotatable bonds is 6. The molecule has 23 heavy (non-hydrogen) atoms. The molecule has 0 atom stereocenters. The van der Waals surface area contributed by atoms with Crippen molar-refractivity contribution in [2.75, 3.05) is 33.4 Å². The molecule has 1 fully saturated rings. The molecule has 2 heterocycles. The van der Waals surface area contributed by atoms with E-state index in [1.165, 1.54) is 0 Å². The van der Waals surface area contributed by atoms with Crippen LogP contribution in [0.15, 0.2) is 34.9 Å². The van der Waals surface area contributed by atoms with Crippen LogP contribution in [-0.2, 0) is 16.8 Å². The zero-order valence-corrected chi connectivity index (χ0v) is 13.4. The van der Waals surface area contributed by atoms with E-state index in [2.05, 4.69) is 27.2 Å². The maximum Gasteiger partial charge on any atom is 0.258 e. The molecule has 6 nitrogen and oxygen atoms in total. The highest BCUT2D eigenvalue weighted by Gasteiger charge is 2.41. The summed E-state index contributed by atoms with van der Waals surface area (Å²) in [7, 11) is 1.70. The maximum atomic E-state index is 9.05. The van der Waals surface area contributed by atoms with Crippen LogP contribution in [0.25, 0.3) is 0 Å². The van der Waals surface area contributed by atoms with Gasteiger partial charge in [-0.1, -0.05) is 35.5 Å². The minimum atomic E-state index is -0.506. The molecule has 0 aliphatic carbocycles. The number of aliphatic hydroxyl groups is 1. The molecule has 0 radical (unpaired) electrons. The van der Waals surface area contributed by atoms with Gasteiger partial charge in [-0.25, -0.2) is 0 Å². The molecule has 0 spiro atoms. The van der Waals surface area contributed by atoms with Crippen molar-refractivity contribution >= 4 is 0 Å². The molecule has 0 saturated carbocycles. The molecule has 1 aromatic carbocycles. The van der Waals surface area contributed by atoms with Gasteiger partial charge in [0, 0.05) is 33.2 Å². The predicted octanol–water partition coefficient (Wildman–Crippen LogP) is 1.59. The van der Waals surface area contributed by atoms with Crippen molar-refractivity contribution in [2.24, 2.45) is 0 Å². The Labute approximate surface area is 136 Å². The van der Waals surface area contributed by atoms with Crippen molar-refractivity contribution in [3.8, 4) is 0 Å². The number of aromatic nitrogens is 2. The number of nitrogens with zero attached hydrogens (tertiary/aromatic N) is 3. The topological polar surface area (TPSA) is 71.6 Å². The van der Waals surface area contributed by atoms with Crippen LogP contribution in [0.4, 0.5) is 0 Å². The minimum Gasteiger partial charge on any atom is -0.395 e. The molecule has 3 rings (SSSR count). The lowest BCUT2D eigenvalue weighted by Crippen LogP contribution is -2.44. The lowest BCUT2D eigenvalue weighted by molar-refractivity contribution is -0.0838. The molecule has 0 unspecified atom stereocenters. The van der Waals surface area contributed by atoms with Gasteiger partial charge >= 0.3 is 0 Å². The van der Waals surface area contributed by atoms with Crippen molar-refractivity contribution in [1.29, 1.82) is 0 Å². The van der Waals surface area contributed by atoms with Crippen molar-refractivity contribution < 1.29 is 14.4 Å².